The van der Waals surface area contributed by atoms with Crippen LogP contribution in [0.15, 0.2) is 0 Å². The SMILES string of the molecule is CSCCN1CC(C(C)C)NCC1C1CC1. The maximum absolute atomic E-state index is 3.75. The molecule has 0 aromatic carbocycles. The minimum atomic E-state index is 0.705. The van der Waals surface area contributed by atoms with Gasteiger partial charge in [0.05, 0.1) is 0 Å². The Morgan fingerprint density at radius 3 is 2.69 bits per heavy atom. The van der Waals surface area contributed by atoms with Gasteiger partial charge >= 0.3 is 0 Å². The van der Waals surface area contributed by atoms with Gasteiger partial charge in [-0.25, -0.2) is 0 Å². The third-order valence-electron chi connectivity index (χ3n) is 4.04. The highest BCUT2D eigenvalue weighted by molar-refractivity contribution is 7.98. The van der Waals surface area contributed by atoms with E-state index in [4.69, 9.17) is 0 Å². The zero-order valence-corrected chi connectivity index (χ0v) is 11.7. The van der Waals surface area contributed by atoms with Crippen molar-refractivity contribution in [3.8, 4) is 0 Å². The van der Waals surface area contributed by atoms with Crippen LogP contribution in [-0.4, -0.2) is 48.6 Å². The molecular formula is C13H26N2S. The quantitative estimate of drug-likeness (QED) is 0.794. The summed E-state index contributed by atoms with van der Waals surface area (Å²) >= 11 is 1.98. The molecule has 0 radical (unpaired) electrons. The molecule has 1 saturated heterocycles. The lowest BCUT2D eigenvalue weighted by atomic mass is 9.97. The smallest absolute Gasteiger partial charge is 0.0249 e. The van der Waals surface area contributed by atoms with Crippen molar-refractivity contribution in [2.45, 2.75) is 38.8 Å². The lowest BCUT2D eigenvalue weighted by Gasteiger charge is -2.42. The number of thioether (sulfide) groups is 1. The Kier molecular flexibility index (Phi) is 4.57. The molecule has 1 heterocycles. The molecule has 0 aromatic heterocycles. The molecule has 1 saturated carbocycles. The highest BCUT2D eigenvalue weighted by atomic mass is 32.2. The third-order valence-corrected chi connectivity index (χ3v) is 4.63. The molecular weight excluding hydrogens is 216 g/mol. The van der Waals surface area contributed by atoms with Gasteiger partial charge in [-0.15, -0.1) is 0 Å². The highest BCUT2D eigenvalue weighted by Gasteiger charge is 2.38. The van der Waals surface area contributed by atoms with Crippen LogP contribution in [0.25, 0.3) is 0 Å². The standard InChI is InChI=1S/C13H26N2S/c1-10(2)12-9-15(6-7-16-3)13(8-14-12)11-4-5-11/h10-14H,4-9H2,1-3H3. The first-order valence-electron chi connectivity index (χ1n) is 6.68. The average Bonchev–Trinajstić information content (AvgIpc) is 3.09. The van der Waals surface area contributed by atoms with Crippen LogP contribution in [0.1, 0.15) is 26.7 Å². The van der Waals surface area contributed by atoms with Crippen molar-refractivity contribution in [1.82, 2.24) is 10.2 Å². The van der Waals surface area contributed by atoms with E-state index < -0.39 is 0 Å². The summed E-state index contributed by atoms with van der Waals surface area (Å²) in [4.78, 5) is 2.76. The average molecular weight is 242 g/mol. The molecule has 3 heteroatoms. The van der Waals surface area contributed by atoms with Crippen LogP contribution in [0.4, 0.5) is 0 Å². The van der Waals surface area contributed by atoms with Gasteiger partial charge in [-0.2, -0.15) is 11.8 Å². The number of hydrogen-bond donors (Lipinski definition) is 1. The second-order valence-electron chi connectivity index (χ2n) is 5.65. The second-order valence-corrected chi connectivity index (χ2v) is 6.64. The van der Waals surface area contributed by atoms with Gasteiger partial charge in [0.2, 0.25) is 0 Å². The summed E-state index contributed by atoms with van der Waals surface area (Å²) in [5, 5.41) is 3.75. The van der Waals surface area contributed by atoms with Crippen LogP contribution in [0.2, 0.25) is 0 Å². The molecule has 2 atom stereocenters. The van der Waals surface area contributed by atoms with Crippen LogP contribution in [0.3, 0.4) is 0 Å². The van der Waals surface area contributed by atoms with Gasteiger partial charge in [0.25, 0.3) is 0 Å². The van der Waals surface area contributed by atoms with Gasteiger partial charge in [0.15, 0.2) is 0 Å². The van der Waals surface area contributed by atoms with Crippen molar-refractivity contribution < 1.29 is 0 Å². The predicted molar refractivity (Wildman–Crippen MR) is 73.1 cm³/mol. The minimum Gasteiger partial charge on any atom is -0.311 e. The lowest BCUT2D eigenvalue weighted by Crippen LogP contribution is -2.59. The Balaban J connectivity index is 1.89. The van der Waals surface area contributed by atoms with E-state index in [-0.39, 0.29) is 0 Å². The van der Waals surface area contributed by atoms with Gasteiger partial charge in [-0.05, 0) is 30.9 Å². The van der Waals surface area contributed by atoms with E-state index in [1.165, 1.54) is 38.2 Å². The summed E-state index contributed by atoms with van der Waals surface area (Å²) in [6.07, 6.45) is 5.15. The molecule has 2 rings (SSSR count). The van der Waals surface area contributed by atoms with Crippen molar-refractivity contribution in [3.05, 3.63) is 0 Å². The number of nitrogens with one attached hydrogen (secondary N) is 1. The van der Waals surface area contributed by atoms with Crippen molar-refractivity contribution in [1.29, 1.82) is 0 Å². The minimum absolute atomic E-state index is 0.705. The molecule has 1 aliphatic heterocycles. The molecule has 16 heavy (non-hydrogen) atoms. The monoisotopic (exact) mass is 242 g/mol. The summed E-state index contributed by atoms with van der Waals surface area (Å²) in [5.74, 6) is 3.05. The van der Waals surface area contributed by atoms with Crippen molar-refractivity contribution in [3.63, 3.8) is 0 Å². The number of nitrogens with zero attached hydrogens (tertiary/aromatic N) is 1. The van der Waals surface area contributed by atoms with Crippen molar-refractivity contribution >= 4 is 11.8 Å². The Bertz CT molecular complexity index is 216. The summed E-state index contributed by atoms with van der Waals surface area (Å²) < 4.78 is 0. The largest absolute Gasteiger partial charge is 0.311 e. The number of rotatable bonds is 5. The Morgan fingerprint density at radius 1 is 1.38 bits per heavy atom. The normalized spacial score (nSPS) is 32.2. The van der Waals surface area contributed by atoms with Gasteiger partial charge in [0.1, 0.15) is 0 Å². The van der Waals surface area contributed by atoms with Crippen LogP contribution in [-0.2, 0) is 0 Å². The molecule has 2 fully saturated rings. The fourth-order valence-corrected chi connectivity index (χ4v) is 3.13. The number of hydrogen-bond acceptors (Lipinski definition) is 3. The molecule has 2 unspecified atom stereocenters. The predicted octanol–water partition coefficient (Wildman–Crippen LogP) is 2.06. The molecule has 0 bridgehead atoms. The molecule has 1 aliphatic carbocycles. The van der Waals surface area contributed by atoms with Crippen molar-refractivity contribution in [2.24, 2.45) is 11.8 Å². The molecule has 1 N–H and O–H groups in total. The molecule has 94 valence electrons. The summed E-state index contributed by atoms with van der Waals surface area (Å²) in [6, 6.07) is 1.54. The van der Waals surface area contributed by atoms with E-state index in [0.717, 1.165) is 17.9 Å². The maximum atomic E-state index is 3.75. The summed E-state index contributed by atoms with van der Waals surface area (Å²) in [7, 11) is 0. The fourth-order valence-electron chi connectivity index (χ4n) is 2.71. The fraction of sp³-hybridized carbons (Fsp3) is 1.00. The van der Waals surface area contributed by atoms with E-state index in [2.05, 4.69) is 30.3 Å². The summed E-state index contributed by atoms with van der Waals surface area (Å²) in [6.45, 7) is 8.44. The Labute approximate surface area is 105 Å². The van der Waals surface area contributed by atoms with Gasteiger partial charge in [0, 0.05) is 37.5 Å². The maximum Gasteiger partial charge on any atom is 0.0249 e. The molecule has 0 spiro atoms. The highest BCUT2D eigenvalue weighted by Crippen LogP contribution is 2.36. The van der Waals surface area contributed by atoms with Crippen LogP contribution in [0, 0.1) is 11.8 Å². The van der Waals surface area contributed by atoms with E-state index >= 15 is 0 Å². The first-order chi connectivity index (χ1) is 7.72. The first-order valence-corrected chi connectivity index (χ1v) is 8.08. The van der Waals surface area contributed by atoms with E-state index in [9.17, 15) is 0 Å². The zero-order chi connectivity index (χ0) is 11.5. The van der Waals surface area contributed by atoms with E-state index in [1.807, 2.05) is 11.8 Å². The van der Waals surface area contributed by atoms with Crippen LogP contribution in [0.5, 0.6) is 0 Å². The van der Waals surface area contributed by atoms with Crippen LogP contribution < -0.4 is 5.32 Å². The van der Waals surface area contributed by atoms with Gasteiger partial charge < -0.3 is 5.32 Å². The Hall–Kier alpha value is 0.270. The third kappa shape index (κ3) is 3.14. The molecule has 0 amide bonds. The van der Waals surface area contributed by atoms with Crippen LogP contribution >= 0.6 is 11.8 Å². The lowest BCUT2D eigenvalue weighted by molar-refractivity contribution is 0.107. The molecule has 2 nitrogen and oxygen atoms in total. The molecule has 2 aliphatic rings. The van der Waals surface area contributed by atoms with Crippen molar-refractivity contribution in [2.75, 3.05) is 31.6 Å². The van der Waals surface area contributed by atoms with Gasteiger partial charge in [-0.1, -0.05) is 13.8 Å². The first kappa shape index (κ1) is 12.7. The molecule has 0 aromatic rings. The zero-order valence-electron chi connectivity index (χ0n) is 10.9. The second kappa shape index (κ2) is 5.74. The Morgan fingerprint density at radius 2 is 2.12 bits per heavy atom. The van der Waals surface area contributed by atoms with Gasteiger partial charge in [-0.3, -0.25) is 4.90 Å². The number of piperazine rings is 1. The van der Waals surface area contributed by atoms with E-state index in [0.29, 0.717) is 6.04 Å². The topological polar surface area (TPSA) is 15.3 Å². The summed E-state index contributed by atoms with van der Waals surface area (Å²) in [5.41, 5.74) is 0. The van der Waals surface area contributed by atoms with E-state index in [1.54, 1.807) is 0 Å².